The molecule has 0 saturated carbocycles. The normalized spacial score (nSPS) is 19.5. The maximum absolute atomic E-state index is 12.0. The number of ether oxygens (including phenoxy) is 2. The smallest absolute Gasteiger partial charge is 0.253 e. The van der Waals surface area contributed by atoms with Crippen molar-refractivity contribution < 1.29 is 14.3 Å². The SMILES string of the molecule is CN(CCc1ccccn1)C(=O)C1COCCO1. The summed E-state index contributed by atoms with van der Waals surface area (Å²) in [6.45, 7) is 2.05. The van der Waals surface area contributed by atoms with Crippen LogP contribution in [0.4, 0.5) is 0 Å². The van der Waals surface area contributed by atoms with Crippen molar-refractivity contribution in [2.75, 3.05) is 33.4 Å². The summed E-state index contributed by atoms with van der Waals surface area (Å²) in [6.07, 6.45) is 2.05. The van der Waals surface area contributed by atoms with Crippen LogP contribution >= 0.6 is 0 Å². The summed E-state index contributed by atoms with van der Waals surface area (Å²) in [4.78, 5) is 17.9. The number of carbonyl (C=O) groups excluding carboxylic acids is 1. The van der Waals surface area contributed by atoms with Crippen molar-refractivity contribution in [2.45, 2.75) is 12.5 Å². The molecule has 1 aliphatic rings. The lowest BCUT2D eigenvalue weighted by molar-refractivity contribution is -0.156. The largest absolute Gasteiger partial charge is 0.376 e. The number of nitrogens with zero attached hydrogens (tertiary/aromatic N) is 2. The lowest BCUT2D eigenvalue weighted by Gasteiger charge is -2.26. The van der Waals surface area contributed by atoms with Gasteiger partial charge >= 0.3 is 0 Å². The van der Waals surface area contributed by atoms with Gasteiger partial charge in [-0.25, -0.2) is 0 Å². The molecule has 1 aromatic rings. The molecule has 1 unspecified atom stereocenters. The van der Waals surface area contributed by atoms with Crippen LogP contribution in [-0.2, 0) is 20.7 Å². The van der Waals surface area contributed by atoms with Gasteiger partial charge in [-0.2, -0.15) is 0 Å². The quantitative estimate of drug-likeness (QED) is 0.780. The maximum atomic E-state index is 12.0. The fourth-order valence-corrected chi connectivity index (χ4v) is 1.81. The van der Waals surface area contributed by atoms with Crippen LogP contribution in [0, 0.1) is 0 Å². The molecule has 18 heavy (non-hydrogen) atoms. The number of hydrogen-bond acceptors (Lipinski definition) is 4. The fraction of sp³-hybridized carbons (Fsp3) is 0.538. The van der Waals surface area contributed by atoms with Crippen LogP contribution in [0.2, 0.25) is 0 Å². The molecule has 0 aliphatic carbocycles. The second-order valence-electron chi connectivity index (χ2n) is 4.27. The molecular weight excluding hydrogens is 232 g/mol. The first-order valence-corrected chi connectivity index (χ1v) is 6.11. The van der Waals surface area contributed by atoms with Gasteiger partial charge in [-0.15, -0.1) is 0 Å². The Balaban J connectivity index is 1.80. The zero-order chi connectivity index (χ0) is 12.8. The summed E-state index contributed by atoms with van der Waals surface area (Å²) in [6, 6.07) is 5.78. The van der Waals surface area contributed by atoms with Crippen molar-refractivity contribution >= 4 is 5.91 Å². The molecule has 0 aromatic carbocycles. The monoisotopic (exact) mass is 250 g/mol. The first kappa shape index (κ1) is 13.0. The molecule has 1 aromatic heterocycles. The second kappa shape index (κ2) is 6.47. The lowest BCUT2D eigenvalue weighted by atomic mass is 10.2. The molecule has 0 bridgehead atoms. The van der Waals surface area contributed by atoms with Crippen LogP contribution in [0.3, 0.4) is 0 Å². The number of likely N-dealkylation sites (N-methyl/N-ethyl adjacent to an activating group) is 1. The molecule has 1 saturated heterocycles. The summed E-state index contributed by atoms with van der Waals surface area (Å²) < 4.78 is 10.6. The highest BCUT2D eigenvalue weighted by atomic mass is 16.6. The van der Waals surface area contributed by atoms with Crippen molar-refractivity contribution in [3.63, 3.8) is 0 Å². The maximum Gasteiger partial charge on any atom is 0.253 e. The predicted octanol–water partition coefficient (Wildman–Crippen LogP) is 0.498. The third kappa shape index (κ3) is 3.51. The highest BCUT2D eigenvalue weighted by Crippen LogP contribution is 2.05. The molecule has 0 N–H and O–H groups in total. The van der Waals surface area contributed by atoms with Gasteiger partial charge in [0, 0.05) is 31.9 Å². The predicted molar refractivity (Wildman–Crippen MR) is 66.1 cm³/mol. The molecule has 5 nitrogen and oxygen atoms in total. The first-order valence-electron chi connectivity index (χ1n) is 6.11. The van der Waals surface area contributed by atoms with Crippen LogP contribution < -0.4 is 0 Å². The molecule has 5 heteroatoms. The van der Waals surface area contributed by atoms with Crippen LogP contribution in [0.15, 0.2) is 24.4 Å². The van der Waals surface area contributed by atoms with Crippen molar-refractivity contribution in [3.8, 4) is 0 Å². The zero-order valence-electron chi connectivity index (χ0n) is 10.5. The highest BCUT2D eigenvalue weighted by Gasteiger charge is 2.25. The van der Waals surface area contributed by atoms with Crippen molar-refractivity contribution in [3.05, 3.63) is 30.1 Å². The summed E-state index contributed by atoms with van der Waals surface area (Å²) in [7, 11) is 1.78. The highest BCUT2D eigenvalue weighted by molar-refractivity contribution is 5.80. The number of hydrogen-bond donors (Lipinski definition) is 0. The molecule has 1 fully saturated rings. The number of carbonyl (C=O) groups is 1. The number of rotatable bonds is 4. The average molecular weight is 250 g/mol. The van der Waals surface area contributed by atoms with E-state index < -0.39 is 6.10 Å². The Labute approximate surface area is 107 Å². The van der Waals surface area contributed by atoms with E-state index in [1.54, 1.807) is 18.1 Å². The number of pyridine rings is 1. The van der Waals surface area contributed by atoms with E-state index in [0.717, 1.165) is 12.1 Å². The number of amides is 1. The molecular formula is C13H18N2O3. The third-order valence-electron chi connectivity index (χ3n) is 2.90. The Morgan fingerprint density at radius 2 is 2.39 bits per heavy atom. The van der Waals surface area contributed by atoms with Crippen LogP contribution in [0.5, 0.6) is 0 Å². The molecule has 98 valence electrons. The topological polar surface area (TPSA) is 51.7 Å². The van der Waals surface area contributed by atoms with E-state index in [1.807, 2.05) is 18.2 Å². The van der Waals surface area contributed by atoms with Crippen LogP contribution in [0.25, 0.3) is 0 Å². The Morgan fingerprint density at radius 3 is 3.06 bits per heavy atom. The van der Waals surface area contributed by atoms with Crippen LogP contribution in [-0.4, -0.2) is 55.3 Å². The van der Waals surface area contributed by atoms with Gasteiger partial charge in [0.05, 0.1) is 19.8 Å². The number of aromatic nitrogens is 1. The van der Waals surface area contributed by atoms with E-state index in [1.165, 1.54) is 0 Å². The molecule has 0 spiro atoms. The van der Waals surface area contributed by atoms with E-state index in [-0.39, 0.29) is 5.91 Å². The average Bonchev–Trinajstić information content (AvgIpc) is 2.46. The minimum atomic E-state index is -0.451. The van der Waals surface area contributed by atoms with Gasteiger partial charge in [0.1, 0.15) is 0 Å². The molecule has 1 aliphatic heterocycles. The minimum absolute atomic E-state index is 0.0226. The van der Waals surface area contributed by atoms with Gasteiger partial charge in [0.25, 0.3) is 5.91 Å². The van der Waals surface area contributed by atoms with E-state index in [2.05, 4.69) is 4.98 Å². The van der Waals surface area contributed by atoms with Gasteiger partial charge in [-0.1, -0.05) is 6.07 Å². The Bertz CT molecular complexity index is 377. The molecule has 1 amide bonds. The van der Waals surface area contributed by atoms with E-state index in [0.29, 0.717) is 26.4 Å². The molecule has 0 radical (unpaired) electrons. The molecule has 2 heterocycles. The Hall–Kier alpha value is -1.46. The fourth-order valence-electron chi connectivity index (χ4n) is 1.81. The van der Waals surface area contributed by atoms with Gasteiger partial charge in [-0.05, 0) is 12.1 Å². The molecule has 1 atom stereocenters. The van der Waals surface area contributed by atoms with Gasteiger partial charge in [0.15, 0.2) is 6.10 Å². The van der Waals surface area contributed by atoms with E-state index in [4.69, 9.17) is 9.47 Å². The van der Waals surface area contributed by atoms with Crippen molar-refractivity contribution in [1.82, 2.24) is 9.88 Å². The van der Waals surface area contributed by atoms with Gasteiger partial charge in [0.2, 0.25) is 0 Å². The van der Waals surface area contributed by atoms with Gasteiger partial charge < -0.3 is 14.4 Å². The van der Waals surface area contributed by atoms with Crippen molar-refractivity contribution in [1.29, 1.82) is 0 Å². The Morgan fingerprint density at radius 1 is 1.50 bits per heavy atom. The lowest BCUT2D eigenvalue weighted by Crippen LogP contribution is -2.44. The van der Waals surface area contributed by atoms with E-state index in [9.17, 15) is 4.79 Å². The van der Waals surface area contributed by atoms with Crippen molar-refractivity contribution in [2.24, 2.45) is 0 Å². The second-order valence-corrected chi connectivity index (χ2v) is 4.27. The first-order chi connectivity index (χ1) is 8.77. The van der Waals surface area contributed by atoms with E-state index >= 15 is 0 Å². The summed E-state index contributed by atoms with van der Waals surface area (Å²) >= 11 is 0. The molecule has 2 rings (SSSR count). The standard InChI is InChI=1S/C13H18N2O3/c1-15(7-5-11-4-2-3-6-14-11)13(16)12-10-17-8-9-18-12/h2-4,6,12H,5,7-10H2,1H3. The minimum Gasteiger partial charge on any atom is -0.376 e. The zero-order valence-corrected chi connectivity index (χ0v) is 10.5. The Kier molecular flexibility index (Phi) is 4.66. The summed E-state index contributed by atoms with van der Waals surface area (Å²) in [5.41, 5.74) is 0.984. The summed E-state index contributed by atoms with van der Waals surface area (Å²) in [5, 5.41) is 0. The van der Waals surface area contributed by atoms with Crippen LogP contribution in [0.1, 0.15) is 5.69 Å². The van der Waals surface area contributed by atoms with Gasteiger partial charge in [-0.3, -0.25) is 9.78 Å². The third-order valence-corrected chi connectivity index (χ3v) is 2.90. The summed E-state index contributed by atoms with van der Waals surface area (Å²) in [5.74, 6) is -0.0226.